The molecular weight excluding hydrogens is 488 g/mol. The molecule has 1 aliphatic heterocycles. The van der Waals surface area contributed by atoms with Gasteiger partial charge in [0.15, 0.2) is 0 Å². The number of nitrogens with zero attached hydrogens (tertiary/aromatic N) is 6. The number of aromatic nitrogens is 5. The van der Waals surface area contributed by atoms with Gasteiger partial charge in [-0.1, -0.05) is 43.2 Å². The molecule has 4 heterocycles. The highest BCUT2D eigenvalue weighted by Crippen LogP contribution is 2.36. The zero-order valence-electron chi connectivity index (χ0n) is 20.6. The van der Waals surface area contributed by atoms with Gasteiger partial charge in [0.1, 0.15) is 12.7 Å². The Bertz CT molecular complexity index is 1440. The quantitative estimate of drug-likeness (QED) is 0.434. The second-order valence-corrected chi connectivity index (χ2v) is 11.1. The number of likely N-dealkylation sites (tertiary alicyclic amines) is 1. The maximum atomic E-state index is 13.5. The second-order valence-electron chi connectivity index (χ2n) is 10.3. The Hall–Kier alpha value is -3.37. The highest BCUT2D eigenvalue weighted by molar-refractivity contribution is 7.15. The van der Waals surface area contributed by atoms with E-state index in [9.17, 15) is 14.7 Å². The largest absolute Gasteiger partial charge is 0.388 e. The van der Waals surface area contributed by atoms with Crippen molar-refractivity contribution in [3.05, 3.63) is 65.0 Å². The number of hydrogen-bond acceptors (Lipinski definition) is 7. The van der Waals surface area contributed by atoms with Crippen LogP contribution in [0.3, 0.4) is 0 Å². The number of amides is 1. The van der Waals surface area contributed by atoms with Gasteiger partial charge in [0, 0.05) is 18.5 Å². The third kappa shape index (κ3) is 4.59. The zero-order valence-corrected chi connectivity index (χ0v) is 21.4. The number of rotatable bonds is 5. The average Bonchev–Trinajstić information content (AvgIpc) is 3.62. The van der Waals surface area contributed by atoms with Crippen molar-refractivity contribution in [3.63, 3.8) is 0 Å². The van der Waals surface area contributed by atoms with E-state index in [4.69, 9.17) is 0 Å². The molecule has 0 unspecified atom stereocenters. The third-order valence-corrected chi connectivity index (χ3v) is 8.93. The Kier molecular flexibility index (Phi) is 6.37. The van der Waals surface area contributed by atoms with Gasteiger partial charge < -0.3 is 10.0 Å². The fourth-order valence-corrected chi connectivity index (χ4v) is 6.83. The molecular formula is C27H30N6O3S. The lowest BCUT2D eigenvalue weighted by Crippen LogP contribution is -2.51. The highest BCUT2D eigenvalue weighted by atomic mass is 32.1. The van der Waals surface area contributed by atoms with E-state index in [0.29, 0.717) is 36.8 Å². The van der Waals surface area contributed by atoms with Crippen LogP contribution < -0.4 is 5.56 Å². The van der Waals surface area contributed by atoms with Crippen molar-refractivity contribution < 1.29 is 9.90 Å². The molecule has 2 aliphatic rings. The molecule has 4 aromatic rings. The monoisotopic (exact) mass is 518 g/mol. The van der Waals surface area contributed by atoms with Gasteiger partial charge in [-0.25, -0.2) is 14.6 Å². The van der Waals surface area contributed by atoms with Crippen molar-refractivity contribution in [2.45, 2.75) is 56.7 Å². The van der Waals surface area contributed by atoms with Gasteiger partial charge in [-0.2, -0.15) is 5.10 Å². The Morgan fingerprint density at radius 2 is 1.89 bits per heavy atom. The summed E-state index contributed by atoms with van der Waals surface area (Å²) in [4.78, 5) is 38.2. The normalized spacial score (nSPS) is 21.8. The van der Waals surface area contributed by atoms with E-state index in [1.54, 1.807) is 12.7 Å². The zero-order chi connectivity index (χ0) is 25.4. The maximum Gasteiger partial charge on any atom is 0.262 e. The molecule has 3 aromatic heterocycles. The van der Waals surface area contributed by atoms with Gasteiger partial charge in [-0.3, -0.25) is 14.2 Å². The molecule has 10 heteroatoms. The van der Waals surface area contributed by atoms with E-state index < -0.39 is 5.60 Å². The minimum Gasteiger partial charge on any atom is -0.388 e. The molecule has 37 heavy (non-hydrogen) atoms. The molecule has 1 amide bonds. The molecule has 0 bridgehead atoms. The number of aliphatic hydroxyl groups is 1. The molecule has 2 fully saturated rings. The van der Waals surface area contributed by atoms with Crippen molar-refractivity contribution in [2.24, 2.45) is 5.92 Å². The smallest absolute Gasteiger partial charge is 0.262 e. The third-order valence-electron chi connectivity index (χ3n) is 7.91. The summed E-state index contributed by atoms with van der Waals surface area (Å²) in [6, 6.07) is 9.96. The summed E-state index contributed by atoms with van der Waals surface area (Å²) in [6.45, 7) is 1.10. The van der Waals surface area contributed by atoms with Crippen LogP contribution in [0.15, 0.2) is 59.5 Å². The molecule has 1 saturated heterocycles. The van der Waals surface area contributed by atoms with Gasteiger partial charge in [0.2, 0.25) is 5.91 Å². The first-order valence-electron chi connectivity index (χ1n) is 12.9. The molecule has 0 radical (unpaired) electrons. The molecule has 1 aliphatic carbocycles. The van der Waals surface area contributed by atoms with Crippen LogP contribution in [0.2, 0.25) is 0 Å². The summed E-state index contributed by atoms with van der Waals surface area (Å²) in [5.41, 5.74) is 0.519. The Morgan fingerprint density at radius 1 is 1.11 bits per heavy atom. The molecule has 0 spiro atoms. The minimum absolute atomic E-state index is 0.0346. The fourth-order valence-electron chi connectivity index (χ4n) is 5.83. The van der Waals surface area contributed by atoms with E-state index in [1.165, 1.54) is 22.2 Å². The lowest BCUT2D eigenvalue weighted by Gasteiger charge is -2.41. The summed E-state index contributed by atoms with van der Waals surface area (Å²) >= 11 is 1.51. The average molecular weight is 519 g/mol. The standard InChI is InChI=1S/C27H30N6O3S/c34-25(20-8-4-5-9-22(20)33-17-28-16-30-33)31-12-10-27(36,11-13-31)15-32-18-29-23-21(26(32)35)14-37-24(23)19-6-2-1-3-7-19/h1-3,6-7,14,16-18,20,22,36H,4-5,8-13,15H2/t20-,22+/m1/s1. The number of piperidine rings is 1. The summed E-state index contributed by atoms with van der Waals surface area (Å²) in [5.74, 6) is 0.0162. The van der Waals surface area contributed by atoms with E-state index >= 15 is 0 Å². The van der Waals surface area contributed by atoms with E-state index in [2.05, 4.69) is 15.1 Å². The van der Waals surface area contributed by atoms with Crippen LogP contribution in [0.4, 0.5) is 0 Å². The Labute approximate surface area is 218 Å². The SMILES string of the molecule is O=C([C@@H]1CCCC[C@@H]1n1cncn1)N1CCC(O)(Cn2cnc3c(-c4ccccc4)scc3c2=O)CC1. The van der Waals surface area contributed by atoms with E-state index in [-0.39, 0.29) is 30.0 Å². The lowest BCUT2D eigenvalue weighted by molar-refractivity contribution is -0.143. The molecule has 9 nitrogen and oxygen atoms in total. The summed E-state index contributed by atoms with van der Waals surface area (Å²) < 4.78 is 3.34. The molecule has 1 N–H and O–H groups in total. The number of carbonyl (C=O) groups excluding carboxylic acids is 1. The predicted octanol–water partition coefficient (Wildman–Crippen LogP) is 3.50. The van der Waals surface area contributed by atoms with Gasteiger partial charge in [0.05, 0.1) is 46.2 Å². The van der Waals surface area contributed by atoms with Crippen LogP contribution in [-0.4, -0.2) is 58.9 Å². The van der Waals surface area contributed by atoms with Crippen LogP contribution in [0.1, 0.15) is 44.6 Å². The molecule has 1 saturated carbocycles. The Balaban J connectivity index is 1.15. The minimum atomic E-state index is -1.06. The van der Waals surface area contributed by atoms with Crippen LogP contribution in [-0.2, 0) is 11.3 Å². The van der Waals surface area contributed by atoms with Gasteiger partial charge in [-0.05, 0) is 31.2 Å². The maximum absolute atomic E-state index is 13.5. The van der Waals surface area contributed by atoms with Crippen molar-refractivity contribution in [1.82, 2.24) is 29.2 Å². The summed E-state index contributed by atoms with van der Waals surface area (Å²) in [6.07, 6.45) is 9.48. The number of benzene rings is 1. The van der Waals surface area contributed by atoms with Crippen molar-refractivity contribution in [2.75, 3.05) is 13.1 Å². The second kappa shape index (κ2) is 9.83. The fraction of sp³-hybridized carbons (Fsp3) is 0.444. The number of thiophene rings is 1. The number of hydrogen-bond donors (Lipinski definition) is 1. The van der Waals surface area contributed by atoms with Crippen LogP contribution in [0.5, 0.6) is 0 Å². The molecule has 1 aromatic carbocycles. The molecule has 192 valence electrons. The number of carbonyl (C=O) groups is 1. The first kappa shape index (κ1) is 24.0. The first-order chi connectivity index (χ1) is 18.0. The van der Waals surface area contributed by atoms with E-state index in [0.717, 1.165) is 36.1 Å². The molecule has 2 atom stereocenters. The number of fused-ring (bicyclic) bond motifs is 1. The first-order valence-corrected chi connectivity index (χ1v) is 13.8. The summed E-state index contributed by atoms with van der Waals surface area (Å²) in [7, 11) is 0. The Morgan fingerprint density at radius 3 is 2.65 bits per heavy atom. The van der Waals surface area contributed by atoms with Crippen LogP contribution in [0.25, 0.3) is 21.3 Å². The van der Waals surface area contributed by atoms with Crippen LogP contribution >= 0.6 is 11.3 Å². The highest BCUT2D eigenvalue weighted by Gasteiger charge is 2.40. The van der Waals surface area contributed by atoms with Gasteiger partial charge in [-0.15, -0.1) is 11.3 Å². The van der Waals surface area contributed by atoms with Gasteiger partial charge >= 0.3 is 0 Å². The summed E-state index contributed by atoms with van der Waals surface area (Å²) in [5, 5.41) is 18.1. The van der Waals surface area contributed by atoms with Crippen LogP contribution in [0, 0.1) is 5.92 Å². The van der Waals surface area contributed by atoms with Crippen molar-refractivity contribution in [1.29, 1.82) is 0 Å². The van der Waals surface area contributed by atoms with E-state index in [1.807, 2.05) is 45.3 Å². The topological polar surface area (TPSA) is 106 Å². The van der Waals surface area contributed by atoms with Gasteiger partial charge in [0.25, 0.3) is 5.56 Å². The molecule has 6 rings (SSSR count). The predicted molar refractivity (Wildman–Crippen MR) is 141 cm³/mol. The van der Waals surface area contributed by atoms with Crippen molar-refractivity contribution in [3.8, 4) is 10.4 Å². The van der Waals surface area contributed by atoms with Crippen molar-refractivity contribution >= 4 is 28.1 Å². The lowest BCUT2D eigenvalue weighted by atomic mass is 9.82.